The van der Waals surface area contributed by atoms with Crippen molar-refractivity contribution in [3.8, 4) is 17.5 Å². The second-order valence-electron chi connectivity index (χ2n) is 5.40. The van der Waals surface area contributed by atoms with Gasteiger partial charge in [-0.2, -0.15) is 5.26 Å². The number of rotatable bonds is 2. The molecule has 0 bridgehead atoms. The summed E-state index contributed by atoms with van der Waals surface area (Å²) in [6.07, 6.45) is 0. The SMILES string of the molecule is CC(C)c1c(C#N)c2ccccc2n1-c1ccc(O)cc1. The minimum atomic E-state index is 0.223. The van der Waals surface area contributed by atoms with Crippen molar-refractivity contribution in [3.63, 3.8) is 0 Å². The topological polar surface area (TPSA) is 49.0 Å². The van der Waals surface area contributed by atoms with Gasteiger partial charge in [0.2, 0.25) is 0 Å². The van der Waals surface area contributed by atoms with E-state index in [2.05, 4.69) is 24.5 Å². The van der Waals surface area contributed by atoms with Crippen LogP contribution in [0.5, 0.6) is 5.75 Å². The van der Waals surface area contributed by atoms with E-state index in [1.807, 2.05) is 36.4 Å². The summed E-state index contributed by atoms with van der Waals surface area (Å²) >= 11 is 0. The second kappa shape index (κ2) is 4.99. The van der Waals surface area contributed by atoms with Crippen molar-refractivity contribution < 1.29 is 5.11 Å². The number of phenols is 1. The number of hydrogen-bond acceptors (Lipinski definition) is 2. The molecule has 0 spiro atoms. The van der Waals surface area contributed by atoms with E-state index in [-0.39, 0.29) is 11.7 Å². The Hall–Kier alpha value is -2.73. The molecule has 21 heavy (non-hydrogen) atoms. The third-order valence-corrected chi connectivity index (χ3v) is 3.68. The molecule has 3 aromatic rings. The van der Waals surface area contributed by atoms with E-state index < -0.39 is 0 Å². The maximum atomic E-state index is 9.57. The lowest BCUT2D eigenvalue weighted by Gasteiger charge is -2.14. The van der Waals surface area contributed by atoms with Gasteiger partial charge in [-0.1, -0.05) is 32.0 Å². The zero-order valence-corrected chi connectivity index (χ0v) is 12.0. The highest BCUT2D eigenvalue weighted by molar-refractivity contribution is 5.90. The molecule has 0 unspecified atom stereocenters. The van der Waals surface area contributed by atoms with Gasteiger partial charge < -0.3 is 9.67 Å². The summed E-state index contributed by atoms with van der Waals surface area (Å²) < 4.78 is 2.11. The van der Waals surface area contributed by atoms with Crippen LogP contribution in [0.4, 0.5) is 0 Å². The van der Waals surface area contributed by atoms with Crippen LogP contribution in [0.15, 0.2) is 48.5 Å². The molecular weight excluding hydrogens is 260 g/mol. The normalized spacial score (nSPS) is 11.0. The van der Waals surface area contributed by atoms with Crippen molar-refractivity contribution in [2.75, 3.05) is 0 Å². The largest absolute Gasteiger partial charge is 0.508 e. The third-order valence-electron chi connectivity index (χ3n) is 3.68. The smallest absolute Gasteiger partial charge is 0.115 e. The number of nitrogens with zero attached hydrogens (tertiary/aromatic N) is 2. The molecule has 0 aliphatic rings. The zero-order valence-electron chi connectivity index (χ0n) is 12.0. The first kappa shape index (κ1) is 13.3. The highest BCUT2D eigenvalue weighted by atomic mass is 16.3. The zero-order chi connectivity index (χ0) is 15.0. The maximum Gasteiger partial charge on any atom is 0.115 e. The van der Waals surface area contributed by atoms with Crippen LogP contribution in [-0.4, -0.2) is 9.67 Å². The monoisotopic (exact) mass is 276 g/mol. The van der Waals surface area contributed by atoms with E-state index in [9.17, 15) is 10.4 Å². The first-order valence-corrected chi connectivity index (χ1v) is 6.96. The number of fused-ring (bicyclic) bond motifs is 1. The maximum absolute atomic E-state index is 9.57. The Morgan fingerprint density at radius 2 is 1.71 bits per heavy atom. The third kappa shape index (κ3) is 2.05. The number of para-hydroxylation sites is 1. The molecule has 0 aliphatic heterocycles. The highest BCUT2D eigenvalue weighted by Crippen LogP contribution is 2.33. The average molecular weight is 276 g/mol. The van der Waals surface area contributed by atoms with Crippen molar-refractivity contribution in [2.45, 2.75) is 19.8 Å². The molecule has 1 aromatic heterocycles. The van der Waals surface area contributed by atoms with Gasteiger partial charge in [-0.05, 0) is 36.2 Å². The lowest BCUT2D eigenvalue weighted by Crippen LogP contribution is -2.03. The van der Waals surface area contributed by atoms with E-state index in [4.69, 9.17) is 0 Å². The molecular formula is C18H16N2O. The first-order chi connectivity index (χ1) is 10.1. The first-order valence-electron chi connectivity index (χ1n) is 6.96. The van der Waals surface area contributed by atoms with Crippen LogP contribution < -0.4 is 0 Å². The van der Waals surface area contributed by atoms with E-state index in [1.54, 1.807) is 12.1 Å². The molecule has 104 valence electrons. The molecule has 0 radical (unpaired) electrons. The minimum Gasteiger partial charge on any atom is -0.508 e. The van der Waals surface area contributed by atoms with Gasteiger partial charge in [0.05, 0.1) is 11.1 Å². The Labute approximate surface area is 123 Å². The van der Waals surface area contributed by atoms with Crippen molar-refractivity contribution in [2.24, 2.45) is 0 Å². The number of phenolic OH excluding ortho intramolecular Hbond substituents is 1. The van der Waals surface area contributed by atoms with E-state index in [0.717, 1.165) is 27.8 Å². The number of hydrogen-bond donors (Lipinski definition) is 1. The fourth-order valence-electron chi connectivity index (χ4n) is 2.80. The summed E-state index contributed by atoms with van der Waals surface area (Å²) in [7, 11) is 0. The van der Waals surface area contributed by atoms with Gasteiger partial charge in [0.15, 0.2) is 0 Å². The Kier molecular flexibility index (Phi) is 3.15. The molecule has 3 rings (SSSR count). The molecule has 0 fully saturated rings. The van der Waals surface area contributed by atoms with Crippen LogP contribution >= 0.6 is 0 Å². The quantitative estimate of drug-likeness (QED) is 0.757. The summed E-state index contributed by atoms with van der Waals surface area (Å²) in [6, 6.07) is 17.4. The minimum absolute atomic E-state index is 0.223. The number of nitriles is 1. The van der Waals surface area contributed by atoms with Crippen molar-refractivity contribution in [3.05, 3.63) is 59.8 Å². The van der Waals surface area contributed by atoms with E-state index in [1.165, 1.54) is 0 Å². The van der Waals surface area contributed by atoms with Crippen LogP contribution in [0.3, 0.4) is 0 Å². The molecule has 0 atom stereocenters. The Morgan fingerprint density at radius 3 is 2.33 bits per heavy atom. The standard InChI is InChI=1S/C18H16N2O/c1-12(2)18-16(11-19)15-5-3-4-6-17(15)20(18)13-7-9-14(21)10-8-13/h3-10,12,21H,1-2H3. The molecule has 0 saturated heterocycles. The molecule has 3 nitrogen and oxygen atoms in total. The van der Waals surface area contributed by atoms with Crippen LogP contribution in [0.2, 0.25) is 0 Å². The highest BCUT2D eigenvalue weighted by Gasteiger charge is 2.20. The fourth-order valence-corrected chi connectivity index (χ4v) is 2.80. The molecule has 2 aromatic carbocycles. The van der Waals surface area contributed by atoms with Gasteiger partial charge in [-0.25, -0.2) is 0 Å². The van der Waals surface area contributed by atoms with Crippen LogP contribution in [-0.2, 0) is 0 Å². The number of aromatic hydroxyl groups is 1. The molecule has 0 aliphatic carbocycles. The van der Waals surface area contributed by atoms with Crippen molar-refractivity contribution in [1.29, 1.82) is 5.26 Å². The summed E-state index contributed by atoms with van der Waals surface area (Å²) in [5.41, 5.74) is 3.70. The summed E-state index contributed by atoms with van der Waals surface area (Å²) in [5.74, 6) is 0.461. The summed E-state index contributed by atoms with van der Waals surface area (Å²) in [5, 5.41) is 20.0. The molecule has 1 N–H and O–H groups in total. The van der Waals surface area contributed by atoms with Gasteiger partial charge >= 0.3 is 0 Å². The lowest BCUT2D eigenvalue weighted by atomic mass is 10.0. The number of benzene rings is 2. The Morgan fingerprint density at radius 1 is 1.05 bits per heavy atom. The Balaban J connectivity index is 2.43. The van der Waals surface area contributed by atoms with Gasteiger partial charge in [-0.3, -0.25) is 0 Å². The van der Waals surface area contributed by atoms with Gasteiger partial charge in [0.25, 0.3) is 0 Å². The summed E-state index contributed by atoms with van der Waals surface area (Å²) in [4.78, 5) is 0. The molecule has 1 heterocycles. The molecule has 0 amide bonds. The molecule has 0 saturated carbocycles. The second-order valence-corrected chi connectivity index (χ2v) is 5.40. The van der Waals surface area contributed by atoms with Gasteiger partial charge in [-0.15, -0.1) is 0 Å². The summed E-state index contributed by atoms with van der Waals surface area (Å²) in [6.45, 7) is 4.18. The van der Waals surface area contributed by atoms with E-state index in [0.29, 0.717) is 0 Å². The van der Waals surface area contributed by atoms with Crippen molar-refractivity contribution >= 4 is 10.9 Å². The molecule has 3 heteroatoms. The predicted molar refractivity (Wildman–Crippen MR) is 83.7 cm³/mol. The average Bonchev–Trinajstić information content (AvgIpc) is 2.82. The Bertz CT molecular complexity index is 836. The van der Waals surface area contributed by atoms with Crippen LogP contribution in [0.25, 0.3) is 16.6 Å². The predicted octanol–water partition coefficient (Wildman–Crippen LogP) is 4.33. The van der Waals surface area contributed by atoms with E-state index >= 15 is 0 Å². The number of aromatic nitrogens is 1. The van der Waals surface area contributed by atoms with Crippen molar-refractivity contribution in [1.82, 2.24) is 4.57 Å². The fraction of sp³-hybridized carbons (Fsp3) is 0.167. The van der Waals surface area contributed by atoms with Gasteiger partial charge in [0.1, 0.15) is 11.8 Å². The van der Waals surface area contributed by atoms with Crippen LogP contribution in [0, 0.1) is 11.3 Å². The van der Waals surface area contributed by atoms with Gasteiger partial charge in [0, 0.05) is 16.8 Å². The van der Waals surface area contributed by atoms with Crippen LogP contribution in [0.1, 0.15) is 31.0 Å². The lowest BCUT2D eigenvalue weighted by molar-refractivity contribution is 0.475.